The molecule has 0 radical (unpaired) electrons. The van der Waals surface area contributed by atoms with E-state index in [1.54, 1.807) is 0 Å². The van der Waals surface area contributed by atoms with Crippen molar-refractivity contribution in [1.82, 2.24) is 40.8 Å². The molecule has 0 bridgehead atoms. The van der Waals surface area contributed by atoms with Crippen molar-refractivity contribution < 1.29 is 38.1 Å². The fourth-order valence-corrected chi connectivity index (χ4v) is 11.2. The number of aromatic amines is 2. The molecule has 358 valence electrons. The van der Waals surface area contributed by atoms with Crippen molar-refractivity contribution in [2.24, 2.45) is 23.2 Å². The van der Waals surface area contributed by atoms with Gasteiger partial charge in [0, 0.05) is 38.5 Å². The molecule has 16 heteroatoms. The first-order chi connectivity index (χ1) is 33.2. The highest BCUT2D eigenvalue weighted by Crippen LogP contribution is 2.58. The van der Waals surface area contributed by atoms with Crippen LogP contribution in [0.15, 0.2) is 73.1 Å². The molecule has 5 N–H and O–H groups in total. The summed E-state index contributed by atoms with van der Waals surface area (Å²) in [5, 5.41) is 11.2. The van der Waals surface area contributed by atoms with E-state index in [0.717, 1.165) is 95.2 Å². The third-order valence-electron chi connectivity index (χ3n) is 15.3. The van der Waals surface area contributed by atoms with Gasteiger partial charge in [-0.3, -0.25) is 9.59 Å². The van der Waals surface area contributed by atoms with Gasteiger partial charge < -0.3 is 49.8 Å². The number of ether oxygens (including phenoxy) is 4. The first kappa shape index (κ1) is 45.5. The van der Waals surface area contributed by atoms with Crippen molar-refractivity contribution in [1.29, 1.82) is 0 Å². The second kappa shape index (κ2) is 19.8. The standard InChI is InChI=1S/C52H62N8O8/c1-65-50(63)58-44(34-15-21-67-22-16-34)48(61)57-43(33-5-3-4-6-33)47-54-28-40(56-47)32-9-7-31(8-10-32)36-11-12-38-26-39(14-13-37(38)25-36)41-29-53-46(55-41)42-27-52(19-20-52)30-60(42)49(62)45(59-51(64)66-2)35-17-23-68-24-18-35/h7-14,25-26,28-29,33-35,42-45H,3-6,15-24,27,30H2,1-2H3,(H,53,55)(H,54,56)(H,57,61)(H,58,63)(H,59,64)/t42-,43-,44-,45-/m0/s1. The zero-order chi connectivity index (χ0) is 46.8. The van der Waals surface area contributed by atoms with E-state index in [4.69, 9.17) is 28.9 Å². The summed E-state index contributed by atoms with van der Waals surface area (Å²) in [6.45, 7) is 2.87. The number of carbonyl (C=O) groups excluding carboxylic acids is 4. The van der Waals surface area contributed by atoms with Crippen molar-refractivity contribution in [3.05, 3.63) is 84.7 Å². The minimum Gasteiger partial charge on any atom is -0.453 e. The van der Waals surface area contributed by atoms with Crippen LogP contribution in [-0.4, -0.2) is 108 Å². The van der Waals surface area contributed by atoms with E-state index in [0.29, 0.717) is 64.5 Å². The maximum absolute atomic E-state index is 14.4. The summed E-state index contributed by atoms with van der Waals surface area (Å²) in [7, 11) is 2.63. The van der Waals surface area contributed by atoms with Gasteiger partial charge in [-0.2, -0.15) is 0 Å². The monoisotopic (exact) mass is 926 g/mol. The quantitative estimate of drug-likeness (QED) is 0.0771. The molecule has 5 aliphatic rings. The van der Waals surface area contributed by atoms with Crippen LogP contribution in [0.1, 0.15) is 94.4 Å². The van der Waals surface area contributed by atoms with Crippen molar-refractivity contribution in [3.63, 3.8) is 0 Å². The summed E-state index contributed by atoms with van der Waals surface area (Å²) >= 11 is 0. The molecule has 2 aliphatic carbocycles. The number of imidazole rings is 2. The molecule has 68 heavy (non-hydrogen) atoms. The Balaban J connectivity index is 0.825. The average Bonchev–Trinajstić information content (AvgIpc) is 3.96. The Labute approximate surface area is 396 Å². The highest BCUT2D eigenvalue weighted by molar-refractivity contribution is 5.91. The molecule has 5 aromatic rings. The topological polar surface area (TPSA) is 202 Å². The summed E-state index contributed by atoms with van der Waals surface area (Å²) in [6.07, 6.45) is 12.4. The molecule has 4 atom stereocenters. The van der Waals surface area contributed by atoms with E-state index in [9.17, 15) is 19.2 Å². The summed E-state index contributed by atoms with van der Waals surface area (Å²) in [4.78, 5) is 71.8. The number of likely N-dealkylation sites (tertiary alicyclic amines) is 1. The minimum absolute atomic E-state index is 0.0301. The second-order valence-electron chi connectivity index (χ2n) is 19.6. The van der Waals surface area contributed by atoms with Gasteiger partial charge in [0.05, 0.1) is 50.1 Å². The Morgan fingerprint density at radius 3 is 1.87 bits per heavy atom. The van der Waals surface area contributed by atoms with Gasteiger partial charge in [0.25, 0.3) is 0 Å². The van der Waals surface area contributed by atoms with E-state index in [-0.39, 0.29) is 47.1 Å². The van der Waals surface area contributed by atoms with Gasteiger partial charge >= 0.3 is 12.2 Å². The molecule has 2 saturated carbocycles. The molecule has 4 amide bonds. The largest absolute Gasteiger partial charge is 0.453 e. The number of benzene rings is 3. The number of carbonyl (C=O) groups is 4. The number of nitrogens with one attached hydrogen (secondary N) is 5. The Morgan fingerprint density at radius 2 is 1.22 bits per heavy atom. The SMILES string of the molecule is COC(=O)N[C@H](C(=O)N[C@H](c1ncc(-c2ccc(-c3ccc4cc(-c5cnc([C@@H]6CC7(CC7)CN6C(=O)[C@@H](NC(=O)OC)C6CCOCC6)[nH]5)ccc4c3)cc2)[nH]1)C1CCCC1)C1CCOCC1. The molecule has 2 aromatic heterocycles. The number of amides is 4. The fourth-order valence-electron chi connectivity index (χ4n) is 11.2. The third kappa shape index (κ3) is 9.70. The van der Waals surface area contributed by atoms with Gasteiger partial charge in [0.1, 0.15) is 23.7 Å². The highest BCUT2D eigenvalue weighted by atomic mass is 16.5. The molecular formula is C52H62N8O8. The number of hydrogen-bond acceptors (Lipinski definition) is 10. The number of hydrogen-bond donors (Lipinski definition) is 5. The average molecular weight is 927 g/mol. The first-order valence-electron chi connectivity index (χ1n) is 24.4. The van der Waals surface area contributed by atoms with Crippen molar-refractivity contribution in [2.45, 2.75) is 94.8 Å². The van der Waals surface area contributed by atoms with Crippen LogP contribution in [0.5, 0.6) is 0 Å². The lowest BCUT2D eigenvalue weighted by molar-refractivity contribution is -0.137. The molecule has 3 saturated heterocycles. The van der Waals surface area contributed by atoms with Gasteiger partial charge in [0.2, 0.25) is 11.8 Å². The minimum atomic E-state index is -0.733. The number of H-pyrrole nitrogens is 2. The molecule has 10 rings (SSSR count). The highest BCUT2D eigenvalue weighted by Gasteiger charge is 2.55. The normalized spacial score (nSPS) is 21.0. The zero-order valence-corrected chi connectivity index (χ0v) is 38.9. The van der Waals surface area contributed by atoms with Crippen molar-refractivity contribution >= 4 is 34.8 Å². The van der Waals surface area contributed by atoms with Gasteiger partial charge in [-0.25, -0.2) is 19.6 Å². The van der Waals surface area contributed by atoms with E-state index in [2.05, 4.69) is 86.6 Å². The van der Waals surface area contributed by atoms with Crippen LogP contribution in [0.25, 0.3) is 44.4 Å². The Morgan fingerprint density at radius 1 is 0.662 bits per heavy atom. The van der Waals surface area contributed by atoms with Gasteiger partial charge in [-0.1, -0.05) is 61.4 Å². The van der Waals surface area contributed by atoms with E-state index >= 15 is 0 Å². The van der Waals surface area contributed by atoms with Crippen molar-refractivity contribution in [3.8, 4) is 33.6 Å². The maximum atomic E-state index is 14.4. The molecule has 5 heterocycles. The Hall–Kier alpha value is -6.26. The first-order valence-corrected chi connectivity index (χ1v) is 24.4. The second-order valence-corrected chi connectivity index (χ2v) is 19.6. The van der Waals surface area contributed by atoms with Gasteiger partial charge in [0.15, 0.2) is 0 Å². The smallest absolute Gasteiger partial charge is 0.407 e. The summed E-state index contributed by atoms with van der Waals surface area (Å²) in [6, 6.07) is 19.3. The third-order valence-corrected chi connectivity index (χ3v) is 15.3. The van der Waals surface area contributed by atoms with Crippen LogP contribution in [0.4, 0.5) is 9.59 Å². The van der Waals surface area contributed by atoms with Crippen LogP contribution < -0.4 is 16.0 Å². The van der Waals surface area contributed by atoms with Gasteiger partial charge in [-0.05, 0) is 121 Å². The summed E-state index contributed by atoms with van der Waals surface area (Å²) in [5.74, 6) is 1.29. The summed E-state index contributed by atoms with van der Waals surface area (Å²) < 4.78 is 20.9. The number of alkyl carbamates (subject to hydrolysis) is 2. The van der Waals surface area contributed by atoms with Gasteiger partial charge in [-0.15, -0.1) is 0 Å². The lowest BCUT2D eigenvalue weighted by Gasteiger charge is -2.34. The Bertz CT molecular complexity index is 2610. The van der Waals surface area contributed by atoms with Crippen LogP contribution in [-0.2, 0) is 28.5 Å². The van der Waals surface area contributed by atoms with Crippen LogP contribution in [0.3, 0.4) is 0 Å². The lowest BCUT2D eigenvalue weighted by Crippen LogP contribution is -2.53. The zero-order valence-electron chi connectivity index (χ0n) is 38.9. The van der Waals surface area contributed by atoms with Crippen LogP contribution >= 0.6 is 0 Å². The molecule has 5 fully saturated rings. The maximum Gasteiger partial charge on any atom is 0.407 e. The predicted octanol–water partition coefficient (Wildman–Crippen LogP) is 7.99. The molecular weight excluding hydrogens is 865 g/mol. The van der Waals surface area contributed by atoms with E-state index in [1.165, 1.54) is 14.2 Å². The number of rotatable bonds is 13. The Kier molecular flexibility index (Phi) is 13.2. The molecule has 16 nitrogen and oxygen atoms in total. The fraction of sp³-hybridized carbons (Fsp3) is 0.500. The molecule has 0 unspecified atom stereocenters. The van der Waals surface area contributed by atoms with E-state index < -0.39 is 24.3 Å². The number of aromatic nitrogens is 4. The predicted molar refractivity (Wildman–Crippen MR) is 254 cm³/mol. The molecule has 1 spiro atoms. The number of methoxy groups -OCH3 is 2. The van der Waals surface area contributed by atoms with Crippen LogP contribution in [0, 0.1) is 23.2 Å². The number of nitrogens with zero attached hydrogens (tertiary/aromatic N) is 3. The summed E-state index contributed by atoms with van der Waals surface area (Å²) in [5.41, 5.74) is 6.00. The molecule has 3 aliphatic heterocycles. The lowest BCUT2D eigenvalue weighted by atomic mass is 9.90. The molecule has 3 aromatic carbocycles. The van der Waals surface area contributed by atoms with E-state index in [1.807, 2.05) is 17.3 Å². The number of fused-ring (bicyclic) bond motifs is 1. The van der Waals surface area contributed by atoms with Crippen LogP contribution in [0.2, 0.25) is 0 Å². The van der Waals surface area contributed by atoms with Crippen molar-refractivity contribution in [2.75, 3.05) is 47.2 Å².